The van der Waals surface area contributed by atoms with E-state index in [0.717, 1.165) is 40.0 Å². The third kappa shape index (κ3) is 5.36. The summed E-state index contributed by atoms with van der Waals surface area (Å²) in [6.07, 6.45) is 0.952. The smallest absolute Gasteiger partial charge is 0.187 e. The summed E-state index contributed by atoms with van der Waals surface area (Å²) in [6, 6.07) is 9.90. The molecule has 0 bridgehead atoms. The molecule has 2 N–H and O–H groups in total. The van der Waals surface area contributed by atoms with Crippen LogP contribution in [0, 0.1) is 13.8 Å². The number of aromatic nitrogens is 2. The zero-order valence-electron chi connectivity index (χ0n) is 12.5. The van der Waals surface area contributed by atoms with Gasteiger partial charge in [0.1, 0.15) is 5.75 Å². The van der Waals surface area contributed by atoms with Gasteiger partial charge in [0.25, 0.3) is 0 Å². The molecule has 0 amide bonds. The molecule has 0 aliphatic rings. The molecular weight excluding hydrogens is 282 g/mol. The van der Waals surface area contributed by atoms with Crippen LogP contribution < -0.4 is 10.5 Å². The van der Waals surface area contributed by atoms with Gasteiger partial charge in [-0.3, -0.25) is 0 Å². The van der Waals surface area contributed by atoms with Crippen molar-refractivity contribution in [3.05, 3.63) is 47.3 Å². The Morgan fingerprint density at radius 3 is 2.62 bits per heavy atom. The lowest BCUT2D eigenvalue weighted by molar-refractivity contribution is 0.318. The Bertz CT molecular complexity index is 569. The second-order valence-corrected chi connectivity index (χ2v) is 5.90. The third-order valence-electron chi connectivity index (χ3n) is 2.88. The molecule has 0 atom stereocenters. The van der Waals surface area contributed by atoms with E-state index in [0.29, 0.717) is 13.2 Å². The van der Waals surface area contributed by atoms with Crippen LogP contribution in [-0.4, -0.2) is 22.3 Å². The zero-order valence-corrected chi connectivity index (χ0v) is 13.3. The molecule has 0 aliphatic heterocycles. The van der Waals surface area contributed by atoms with Gasteiger partial charge in [-0.05, 0) is 44.0 Å². The first-order valence-electron chi connectivity index (χ1n) is 7.04. The number of aryl methyl sites for hydroxylation is 2. The van der Waals surface area contributed by atoms with E-state index in [4.69, 9.17) is 10.5 Å². The van der Waals surface area contributed by atoms with Crippen LogP contribution in [0.2, 0.25) is 0 Å². The monoisotopic (exact) mass is 303 g/mol. The van der Waals surface area contributed by atoms with Gasteiger partial charge < -0.3 is 10.5 Å². The van der Waals surface area contributed by atoms with Gasteiger partial charge >= 0.3 is 0 Å². The summed E-state index contributed by atoms with van der Waals surface area (Å²) in [5.41, 5.74) is 8.73. The Morgan fingerprint density at radius 1 is 1.14 bits per heavy atom. The van der Waals surface area contributed by atoms with E-state index in [1.54, 1.807) is 11.8 Å². The van der Waals surface area contributed by atoms with Crippen molar-refractivity contribution in [3.8, 4) is 5.75 Å². The normalized spacial score (nSPS) is 10.6. The van der Waals surface area contributed by atoms with Crippen LogP contribution >= 0.6 is 11.8 Å². The minimum Gasteiger partial charge on any atom is -0.494 e. The van der Waals surface area contributed by atoms with Gasteiger partial charge in [0.2, 0.25) is 0 Å². The Balaban J connectivity index is 1.72. The van der Waals surface area contributed by atoms with Gasteiger partial charge in [-0.2, -0.15) is 0 Å². The van der Waals surface area contributed by atoms with Crippen molar-refractivity contribution in [2.24, 2.45) is 5.73 Å². The number of hydrogen-bond acceptors (Lipinski definition) is 5. The lowest BCUT2D eigenvalue weighted by Crippen LogP contribution is -2.01. The van der Waals surface area contributed by atoms with Gasteiger partial charge in [0.15, 0.2) is 5.16 Å². The van der Waals surface area contributed by atoms with Crippen molar-refractivity contribution in [2.45, 2.75) is 32.0 Å². The summed E-state index contributed by atoms with van der Waals surface area (Å²) < 4.78 is 5.72. The van der Waals surface area contributed by atoms with Gasteiger partial charge in [-0.1, -0.05) is 23.9 Å². The maximum absolute atomic E-state index is 5.72. The highest BCUT2D eigenvalue weighted by molar-refractivity contribution is 7.99. The Hall–Kier alpha value is -1.59. The third-order valence-corrected chi connectivity index (χ3v) is 3.82. The molecule has 2 aromatic rings. The van der Waals surface area contributed by atoms with Crippen molar-refractivity contribution in [1.29, 1.82) is 0 Å². The predicted molar refractivity (Wildman–Crippen MR) is 86.7 cm³/mol. The van der Waals surface area contributed by atoms with Crippen molar-refractivity contribution >= 4 is 11.8 Å². The van der Waals surface area contributed by atoms with Crippen LogP contribution in [0.15, 0.2) is 35.5 Å². The molecule has 0 saturated heterocycles. The summed E-state index contributed by atoms with van der Waals surface area (Å²) in [6.45, 7) is 5.21. The molecule has 4 nitrogen and oxygen atoms in total. The predicted octanol–water partition coefficient (Wildman–Crippen LogP) is 3.11. The van der Waals surface area contributed by atoms with Crippen LogP contribution in [0.25, 0.3) is 0 Å². The van der Waals surface area contributed by atoms with Crippen molar-refractivity contribution in [3.63, 3.8) is 0 Å². The second-order valence-electron chi connectivity index (χ2n) is 4.84. The molecule has 1 aromatic heterocycles. The maximum Gasteiger partial charge on any atom is 0.187 e. The molecule has 2 rings (SSSR count). The number of nitrogens with zero attached hydrogens (tertiary/aromatic N) is 2. The first kappa shape index (κ1) is 15.8. The SMILES string of the molecule is Cc1cc(C)nc(SCCCOc2cccc(CN)c2)n1. The Kier molecular flexibility index (Phi) is 6.02. The van der Waals surface area contributed by atoms with E-state index in [9.17, 15) is 0 Å². The lowest BCUT2D eigenvalue weighted by atomic mass is 10.2. The minimum atomic E-state index is 0.539. The van der Waals surface area contributed by atoms with Crippen LogP contribution in [0.4, 0.5) is 0 Å². The van der Waals surface area contributed by atoms with E-state index in [2.05, 4.69) is 9.97 Å². The molecule has 0 spiro atoms. The van der Waals surface area contributed by atoms with Crippen molar-refractivity contribution < 1.29 is 4.74 Å². The molecule has 1 aromatic carbocycles. The molecule has 21 heavy (non-hydrogen) atoms. The largest absolute Gasteiger partial charge is 0.494 e. The topological polar surface area (TPSA) is 61.0 Å². The lowest BCUT2D eigenvalue weighted by Gasteiger charge is -2.07. The molecule has 0 aliphatic carbocycles. The van der Waals surface area contributed by atoms with E-state index >= 15 is 0 Å². The summed E-state index contributed by atoms with van der Waals surface area (Å²) in [5, 5.41) is 0.845. The molecular formula is C16H21N3OS. The molecule has 5 heteroatoms. The summed E-state index contributed by atoms with van der Waals surface area (Å²) in [4.78, 5) is 8.82. The zero-order chi connectivity index (χ0) is 15.1. The summed E-state index contributed by atoms with van der Waals surface area (Å²) >= 11 is 1.67. The van der Waals surface area contributed by atoms with Crippen molar-refractivity contribution in [2.75, 3.05) is 12.4 Å². The number of thioether (sulfide) groups is 1. The minimum absolute atomic E-state index is 0.539. The second kappa shape index (κ2) is 8.00. The molecule has 0 fully saturated rings. The molecule has 112 valence electrons. The molecule has 0 saturated carbocycles. The Morgan fingerprint density at radius 2 is 1.90 bits per heavy atom. The van der Waals surface area contributed by atoms with Crippen molar-refractivity contribution in [1.82, 2.24) is 9.97 Å². The van der Waals surface area contributed by atoms with Gasteiger partial charge in [0, 0.05) is 23.7 Å². The summed E-state index contributed by atoms with van der Waals surface area (Å²) in [5.74, 6) is 1.82. The van der Waals surface area contributed by atoms with E-state index in [1.807, 2.05) is 44.2 Å². The fourth-order valence-electron chi connectivity index (χ4n) is 1.93. The molecule has 1 heterocycles. The van der Waals surface area contributed by atoms with E-state index < -0.39 is 0 Å². The highest BCUT2D eigenvalue weighted by atomic mass is 32.2. The highest BCUT2D eigenvalue weighted by Crippen LogP contribution is 2.16. The van der Waals surface area contributed by atoms with E-state index in [1.165, 1.54) is 0 Å². The van der Waals surface area contributed by atoms with Crippen LogP contribution in [0.3, 0.4) is 0 Å². The fraction of sp³-hybridized carbons (Fsp3) is 0.375. The first-order valence-corrected chi connectivity index (χ1v) is 8.03. The Labute approximate surface area is 130 Å². The van der Waals surface area contributed by atoms with Gasteiger partial charge in [0.05, 0.1) is 6.61 Å². The first-order chi connectivity index (χ1) is 10.2. The number of benzene rings is 1. The number of ether oxygens (including phenoxy) is 1. The standard InChI is InChI=1S/C16H21N3OS/c1-12-9-13(2)19-16(18-12)21-8-4-7-20-15-6-3-5-14(10-15)11-17/h3,5-6,9-10H,4,7-8,11,17H2,1-2H3. The van der Waals surface area contributed by atoms with Crippen LogP contribution in [0.5, 0.6) is 5.75 Å². The van der Waals surface area contributed by atoms with E-state index in [-0.39, 0.29) is 0 Å². The average Bonchev–Trinajstić information content (AvgIpc) is 2.46. The van der Waals surface area contributed by atoms with Crippen LogP contribution in [0.1, 0.15) is 23.4 Å². The highest BCUT2D eigenvalue weighted by Gasteiger charge is 2.01. The number of hydrogen-bond donors (Lipinski definition) is 1. The average molecular weight is 303 g/mol. The maximum atomic E-state index is 5.72. The van der Waals surface area contributed by atoms with Crippen LogP contribution in [-0.2, 0) is 6.54 Å². The number of rotatable bonds is 7. The number of nitrogens with two attached hydrogens (primary N) is 1. The molecule has 0 radical (unpaired) electrons. The summed E-state index contributed by atoms with van der Waals surface area (Å²) in [7, 11) is 0. The van der Waals surface area contributed by atoms with Gasteiger partial charge in [-0.15, -0.1) is 0 Å². The fourth-order valence-corrected chi connectivity index (χ4v) is 2.79. The molecule has 0 unspecified atom stereocenters. The van der Waals surface area contributed by atoms with Gasteiger partial charge in [-0.25, -0.2) is 9.97 Å². The quantitative estimate of drug-likeness (QED) is 0.484.